The van der Waals surface area contributed by atoms with Gasteiger partial charge in [-0.1, -0.05) is 153 Å². The first kappa shape index (κ1) is 48.1. The number of carboxylic acids is 5. The molecule has 5 aromatic carbocycles. The number of hydrogen-bond donors (Lipinski definition) is 1. The fourth-order valence-electron chi connectivity index (χ4n) is 3.61. The molecule has 0 aliphatic rings. The van der Waals surface area contributed by atoms with Crippen molar-refractivity contribution in [3.63, 3.8) is 0 Å². The molecule has 0 spiro atoms. The van der Waals surface area contributed by atoms with Crippen molar-refractivity contribution in [2.75, 3.05) is 0 Å². The summed E-state index contributed by atoms with van der Waals surface area (Å²) in [6.45, 7) is 2.10. The van der Waals surface area contributed by atoms with E-state index in [1.165, 1.54) is 48.5 Å². The van der Waals surface area contributed by atoms with Gasteiger partial charge < -0.3 is 44.7 Å². The van der Waals surface area contributed by atoms with Crippen molar-refractivity contribution >= 4 is 47.2 Å². The number of benzene rings is 5. The number of carbonyl (C=O) groups excluding carboxylic acids is 4. The summed E-state index contributed by atoms with van der Waals surface area (Å²) in [7, 11) is 0. The van der Waals surface area contributed by atoms with Gasteiger partial charge in [-0.15, -0.1) is 0 Å². The average Bonchev–Trinajstić information content (AvgIpc) is 3.13. The molecule has 0 atom stereocenters. The number of aryl methyl sites for hydroxylation is 1. The molecule has 12 heteroatoms. The van der Waals surface area contributed by atoms with E-state index in [2.05, 4.69) is 6.92 Å². The Balaban J connectivity index is 0. The Morgan fingerprint density at radius 3 is 0.941 bits per heavy atom. The molecule has 0 radical (unpaired) electrons. The SMILES string of the molecule is CCCCc1ccccc1C(=O)O.O=C([O-])c1ccccc1.O=C([O-])c1ccccc1.O=C([O-])c1ccccc1.O=C([O-])c1ccccc1.[Al+3].[Na+]. The Morgan fingerprint density at radius 2 is 0.725 bits per heavy atom. The standard InChI is InChI=1S/C11H14O2.4C7H6O2.Al.Na/c1-2-3-6-9-7-4-5-8-10(9)11(12)13;4*8-7(9)6-4-2-1-3-5-6;;/h4-5,7-8H,2-3,6H2,1H3,(H,12,13);4*1-5H,(H,8,9);;/q;;;;;+3;+1/p-4. The number of aromatic carboxylic acids is 5. The predicted molar refractivity (Wildman–Crippen MR) is 181 cm³/mol. The molecule has 0 fully saturated rings. The van der Waals surface area contributed by atoms with Crippen LogP contribution in [0.3, 0.4) is 0 Å². The van der Waals surface area contributed by atoms with Crippen LogP contribution in [-0.4, -0.2) is 52.3 Å². The molecule has 0 aromatic heterocycles. The molecule has 0 aliphatic heterocycles. The van der Waals surface area contributed by atoms with Crippen molar-refractivity contribution < 1.29 is 79.1 Å². The van der Waals surface area contributed by atoms with Gasteiger partial charge in [-0.3, -0.25) is 0 Å². The van der Waals surface area contributed by atoms with E-state index >= 15 is 0 Å². The summed E-state index contributed by atoms with van der Waals surface area (Å²) in [5.74, 6) is -5.34. The Bertz CT molecular complexity index is 1520. The molecule has 0 heterocycles. The molecular weight excluding hydrogens is 678 g/mol. The van der Waals surface area contributed by atoms with Crippen LogP contribution in [-0.2, 0) is 6.42 Å². The molecule has 51 heavy (non-hydrogen) atoms. The van der Waals surface area contributed by atoms with Crippen LogP contribution in [0.5, 0.6) is 0 Å². The van der Waals surface area contributed by atoms with Crippen molar-refractivity contribution in [3.05, 3.63) is 179 Å². The van der Waals surface area contributed by atoms with E-state index in [0.29, 0.717) is 5.56 Å². The molecule has 0 amide bonds. The summed E-state index contributed by atoms with van der Waals surface area (Å²) in [4.78, 5) is 51.1. The van der Waals surface area contributed by atoms with Crippen molar-refractivity contribution in [1.82, 2.24) is 0 Å². The second-order valence-corrected chi connectivity index (χ2v) is 9.68. The van der Waals surface area contributed by atoms with Gasteiger partial charge in [-0.25, -0.2) is 4.79 Å². The first-order chi connectivity index (χ1) is 23.5. The average molecular weight is 713 g/mol. The maximum absolute atomic E-state index is 10.8. The Labute approximate surface area is 329 Å². The third kappa shape index (κ3) is 21.6. The molecule has 5 rings (SSSR count). The van der Waals surface area contributed by atoms with Crippen molar-refractivity contribution in [2.45, 2.75) is 26.2 Å². The molecule has 0 saturated heterocycles. The van der Waals surface area contributed by atoms with Gasteiger partial charge in [0, 0.05) is 0 Å². The topological polar surface area (TPSA) is 198 Å². The van der Waals surface area contributed by atoms with Gasteiger partial charge in [-0.05, 0) is 46.7 Å². The van der Waals surface area contributed by atoms with E-state index < -0.39 is 29.8 Å². The zero-order valence-electron chi connectivity index (χ0n) is 28.2. The second kappa shape index (κ2) is 28.8. The summed E-state index contributed by atoms with van der Waals surface area (Å²) in [6.07, 6.45) is 3.00. The Hall–Kier alpha value is -5.02. The van der Waals surface area contributed by atoms with Gasteiger partial charge in [0.2, 0.25) is 0 Å². The van der Waals surface area contributed by atoms with E-state index in [4.69, 9.17) is 5.11 Å². The predicted octanol–water partition coefficient (Wildman–Crippen LogP) is -0.449. The Morgan fingerprint density at radius 1 is 0.471 bits per heavy atom. The maximum Gasteiger partial charge on any atom is 3.00 e. The molecule has 0 unspecified atom stereocenters. The molecule has 0 saturated carbocycles. The zero-order chi connectivity index (χ0) is 36.4. The van der Waals surface area contributed by atoms with Crippen molar-refractivity contribution in [1.29, 1.82) is 0 Å². The minimum atomic E-state index is -1.13. The first-order valence-electron chi connectivity index (χ1n) is 14.8. The Kier molecular flexibility index (Phi) is 27.1. The van der Waals surface area contributed by atoms with Crippen LogP contribution in [0.1, 0.15) is 77.1 Å². The second-order valence-electron chi connectivity index (χ2n) is 9.68. The summed E-state index contributed by atoms with van der Waals surface area (Å²) in [5.41, 5.74) is 2.26. The smallest absolute Gasteiger partial charge is 0.545 e. The summed E-state index contributed by atoms with van der Waals surface area (Å²) in [5, 5.41) is 49.2. The van der Waals surface area contributed by atoms with Crippen LogP contribution < -0.4 is 50.0 Å². The summed E-state index contributed by atoms with van der Waals surface area (Å²) < 4.78 is 0. The van der Waals surface area contributed by atoms with Crippen LogP contribution in [0, 0.1) is 0 Å². The van der Waals surface area contributed by atoms with E-state index in [-0.39, 0.29) is 69.2 Å². The van der Waals surface area contributed by atoms with Crippen molar-refractivity contribution in [3.8, 4) is 0 Å². The fraction of sp³-hybridized carbons (Fsp3) is 0.103. The minimum absolute atomic E-state index is 0. The van der Waals surface area contributed by atoms with Gasteiger partial charge >= 0.3 is 52.9 Å². The largest absolute Gasteiger partial charge is 3.00 e. The first-order valence-corrected chi connectivity index (χ1v) is 14.8. The number of unbranched alkanes of at least 4 members (excludes halogenated alkanes) is 1. The fourth-order valence-corrected chi connectivity index (χ4v) is 3.61. The summed E-state index contributed by atoms with van der Waals surface area (Å²) >= 11 is 0. The third-order valence-electron chi connectivity index (χ3n) is 6.09. The molecule has 0 aliphatic carbocycles. The number of carboxylic acid groups (broad SMARTS) is 5. The quantitative estimate of drug-likeness (QED) is 0.206. The monoisotopic (exact) mass is 712 g/mol. The minimum Gasteiger partial charge on any atom is -0.545 e. The number of carbonyl (C=O) groups is 5. The van der Waals surface area contributed by atoms with Gasteiger partial charge in [0.15, 0.2) is 0 Å². The molecule has 1 N–H and O–H groups in total. The van der Waals surface area contributed by atoms with Crippen LogP contribution in [0.2, 0.25) is 0 Å². The molecule has 10 nitrogen and oxygen atoms in total. The molecule has 0 bridgehead atoms. The van der Waals surface area contributed by atoms with Gasteiger partial charge in [0.05, 0.1) is 29.4 Å². The zero-order valence-corrected chi connectivity index (χ0v) is 31.3. The van der Waals surface area contributed by atoms with Crippen LogP contribution >= 0.6 is 0 Å². The molecule has 5 aromatic rings. The van der Waals surface area contributed by atoms with Crippen molar-refractivity contribution in [2.24, 2.45) is 0 Å². The van der Waals surface area contributed by atoms with E-state index in [9.17, 15) is 44.4 Å². The molecular formula is C39H34AlNaO10. The van der Waals surface area contributed by atoms with Gasteiger partial charge in [0.1, 0.15) is 0 Å². The van der Waals surface area contributed by atoms with Gasteiger partial charge in [-0.2, -0.15) is 0 Å². The van der Waals surface area contributed by atoms with E-state index in [0.717, 1.165) is 24.8 Å². The maximum atomic E-state index is 10.8. The normalized spacial score (nSPS) is 8.80. The summed E-state index contributed by atoms with van der Waals surface area (Å²) in [6, 6.07) is 39.4. The van der Waals surface area contributed by atoms with Crippen LogP contribution in [0.25, 0.3) is 0 Å². The van der Waals surface area contributed by atoms with Crippen LogP contribution in [0.15, 0.2) is 146 Å². The number of rotatable bonds is 8. The molecule has 254 valence electrons. The van der Waals surface area contributed by atoms with E-state index in [1.54, 1.807) is 84.9 Å². The van der Waals surface area contributed by atoms with Gasteiger partial charge in [0.25, 0.3) is 0 Å². The van der Waals surface area contributed by atoms with E-state index in [1.807, 2.05) is 12.1 Å². The van der Waals surface area contributed by atoms with Crippen LogP contribution in [0.4, 0.5) is 0 Å². The third-order valence-corrected chi connectivity index (χ3v) is 6.09. The number of hydrogen-bond acceptors (Lipinski definition) is 9.